The van der Waals surface area contributed by atoms with E-state index in [-0.39, 0.29) is 0 Å². The standard InChI is InChI=1S/C16H14N2/c17-15(13-7-3-1-4-8-13)11-12-16(18)14-9-5-2-6-10-14/h1-11,17H,18H2. The Balaban J connectivity index is 2.23. The molecule has 0 unspecified atom stereocenters. The lowest BCUT2D eigenvalue weighted by atomic mass is 10.1. The van der Waals surface area contributed by atoms with E-state index in [0.29, 0.717) is 11.4 Å². The Morgan fingerprint density at radius 1 is 0.889 bits per heavy atom. The third-order valence-electron chi connectivity index (χ3n) is 2.54. The number of allylic oxidation sites excluding steroid dienone is 1. The quantitative estimate of drug-likeness (QED) is 0.621. The van der Waals surface area contributed by atoms with Gasteiger partial charge in [0, 0.05) is 17.2 Å². The minimum absolute atomic E-state index is 0.398. The molecule has 0 saturated heterocycles. The number of nitrogens with two attached hydrogens (primary N) is 1. The highest BCUT2D eigenvalue weighted by atomic mass is 14.6. The molecule has 2 aromatic rings. The van der Waals surface area contributed by atoms with Crippen LogP contribution >= 0.6 is 0 Å². The average Bonchev–Trinajstić information content (AvgIpc) is 2.46. The third kappa shape index (κ3) is 2.97. The predicted molar refractivity (Wildman–Crippen MR) is 75.4 cm³/mol. The number of benzene rings is 2. The van der Waals surface area contributed by atoms with Gasteiger partial charge < -0.3 is 5.73 Å². The molecule has 3 N–H and O–H groups in total. The second-order valence-corrected chi connectivity index (χ2v) is 3.85. The molecule has 0 aliphatic heterocycles. The van der Waals surface area contributed by atoms with Gasteiger partial charge in [0.05, 0.1) is 11.4 Å². The van der Waals surface area contributed by atoms with Crippen LogP contribution in [0.25, 0.3) is 5.70 Å². The van der Waals surface area contributed by atoms with Gasteiger partial charge in [-0.1, -0.05) is 66.4 Å². The van der Waals surface area contributed by atoms with Crippen molar-refractivity contribution in [3.8, 4) is 0 Å². The van der Waals surface area contributed by atoms with E-state index in [1.807, 2.05) is 60.7 Å². The smallest absolute Gasteiger partial charge is 0.0821 e. The molecule has 0 spiro atoms. The van der Waals surface area contributed by atoms with Gasteiger partial charge >= 0.3 is 0 Å². The van der Waals surface area contributed by atoms with Crippen LogP contribution in [0.15, 0.2) is 72.5 Å². The van der Waals surface area contributed by atoms with Crippen molar-refractivity contribution >= 4 is 11.4 Å². The van der Waals surface area contributed by atoms with Crippen LogP contribution in [0, 0.1) is 5.41 Å². The monoisotopic (exact) mass is 234 g/mol. The predicted octanol–water partition coefficient (Wildman–Crippen LogP) is 3.21. The zero-order valence-electron chi connectivity index (χ0n) is 9.93. The van der Waals surface area contributed by atoms with E-state index >= 15 is 0 Å². The van der Waals surface area contributed by atoms with Gasteiger partial charge in [0.2, 0.25) is 0 Å². The summed E-state index contributed by atoms with van der Waals surface area (Å²) in [6, 6.07) is 19.1. The topological polar surface area (TPSA) is 49.9 Å². The summed E-state index contributed by atoms with van der Waals surface area (Å²) in [5, 5.41) is 7.90. The van der Waals surface area contributed by atoms with E-state index in [1.165, 1.54) is 0 Å². The van der Waals surface area contributed by atoms with Crippen LogP contribution in [0.5, 0.6) is 0 Å². The first kappa shape index (κ1) is 11.9. The molecule has 88 valence electrons. The average molecular weight is 234 g/mol. The van der Waals surface area contributed by atoms with Crippen LogP contribution in [0.4, 0.5) is 0 Å². The Labute approximate surface area is 107 Å². The van der Waals surface area contributed by atoms with Crippen LogP contribution in [-0.2, 0) is 0 Å². The Kier molecular flexibility index (Phi) is 3.75. The molecule has 0 saturated carbocycles. The Morgan fingerprint density at radius 3 is 1.94 bits per heavy atom. The van der Waals surface area contributed by atoms with Gasteiger partial charge in [-0.2, -0.15) is 0 Å². The van der Waals surface area contributed by atoms with Crippen LogP contribution in [0.3, 0.4) is 0 Å². The maximum atomic E-state index is 7.90. The second kappa shape index (κ2) is 5.67. The van der Waals surface area contributed by atoms with Gasteiger partial charge in [0.1, 0.15) is 0 Å². The first-order valence-electron chi connectivity index (χ1n) is 5.69. The zero-order valence-corrected chi connectivity index (χ0v) is 9.93. The summed E-state index contributed by atoms with van der Waals surface area (Å²) in [5.41, 5.74) is 11.5. The van der Waals surface area contributed by atoms with Crippen LogP contribution < -0.4 is 5.73 Å². The molecule has 0 radical (unpaired) electrons. The van der Waals surface area contributed by atoms with E-state index in [0.717, 1.165) is 11.1 Å². The molecule has 2 aromatic carbocycles. The summed E-state index contributed by atoms with van der Waals surface area (Å²) >= 11 is 0. The summed E-state index contributed by atoms with van der Waals surface area (Å²) in [6.07, 6.45) is 1.59. The Hall–Kier alpha value is -2.57. The molecule has 0 aromatic heterocycles. The zero-order chi connectivity index (χ0) is 12.8. The lowest BCUT2D eigenvalue weighted by molar-refractivity contribution is 1.49. The summed E-state index contributed by atoms with van der Waals surface area (Å²) < 4.78 is 0. The third-order valence-corrected chi connectivity index (χ3v) is 2.54. The summed E-state index contributed by atoms with van der Waals surface area (Å²) in [5.74, 6) is 0. The molecule has 0 aliphatic carbocycles. The summed E-state index contributed by atoms with van der Waals surface area (Å²) in [4.78, 5) is 0. The van der Waals surface area contributed by atoms with E-state index in [9.17, 15) is 0 Å². The van der Waals surface area contributed by atoms with Gasteiger partial charge in [0.25, 0.3) is 0 Å². The fraction of sp³-hybridized carbons (Fsp3) is 0. The minimum atomic E-state index is 0.398. The lowest BCUT2D eigenvalue weighted by Crippen LogP contribution is -1.96. The fourth-order valence-electron chi connectivity index (χ4n) is 1.55. The molecular formula is C16H14N2. The van der Waals surface area contributed by atoms with Crippen molar-refractivity contribution in [2.75, 3.05) is 0 Å². The molecule has 0 amide bonds. The molecule has 0 aliphatic rings. The molecule has 0 atom stereocenters. The van der Waals surface area contributed by atoms with Crippen molar-refractivity contribution < 1.29 is 0 Å². The first-order chi connectivity index (χ1) is 8.77. The highest BCUT2D eigenvalue weighted by Crippen LogP contribution is 2.06. The molecule has 18 heavy (non-hydrogen) atoms. The molecular weight excluding hydrogens is 220 g/mol. The number of hydrogen-bond acceptors (Lipinski definition) is 2. The number of nitrogens with one attached hydrogen (secondary N) is 1. The van der Waals surface area contributed by atoms with E-state index < -0.39 is 0 Å². The molecule has 2 rings (SSSR count). The maximum Gasteiger partial charge on any atom is 0.0821 e. The van der Waals surface area contributed by atoms with E-state index in [4.69, 9.17) is 11.1 Å². The van der Waals surface area contributed by atoms with Crippen molar-refractivity contribution in [2.24, 2.45) is 5.73 Å². The van der Waals surface area contributed by atoms with Crippen molar-refractivity contribution in [2.45, 2.75) is 0 Å². The van der Waals surface area contributed by atoms with Crippen LogP contribution in [0.2, 0.25) is 0 Å². The lowest BCUT2D eigenvalue weighted by Gasteiger charge is -1.98. The van der Waals surface area contributed by atoms with Crippen molar-refractivity contribution in [1.82, 2.24) is 0 Å². The van der Waals surface area contributed by atoms with Gasteiger partial charge in [-0.25, -0.2) is 0 Å². The van der Waals surface area contributed by atoms with Crippen molar-refractivity contribution in [1.29, 1.82) is 5.41 Å². The first-order valence-corrected chi connectivity index (χ1v) is 5.69. The Morgan fingerprint density at radius 2 is 1.39 bits per heavy atom. The fourth-order valence-corrected chi connectivity index (χ4v) is 1.55. The highest BCUT2D eigenvalue weighted by molar-refractivity contribution is 6.06. The molecule has 0 heterocycles. The van der Waals surface area contributed by atoms with Crippen LogP contribution in [0.1, 0.15) is 11.1 Å². The van der Waals surface area contributed by atoms with E-state index in [2.05, 4.69) is 5.73 Å². The van der Waals surface area contributed by atoms with Crippen molar-refractivity contribution in [3.05, 3.63) is 83.6 Å². The summed E-state index contributed by atoms with van der Waals surface area (Å²) in [7, 11) is 0. The highest BCUT2D eigenvalue weighted by Gasteiger charge is 1.95. The molecule has 0 bridgehead atoms. The van der Waals surface area contributed by atoms with Gasteiger partial charge in [-0.15, -0.1) is 0 Å². The number of rotatable bonds is 3. The molecule has 2 heteroatoms. The van der Waals surface area contributed by atoms with Gasteiger partial charge in [0.15, 0.2) is 0 Å². The number of hydrogen-bond donors (Lipinski definition) is 2. The SMILES string of the molecule is N=C(C=C=C(N)c1ccccc1)c1ccccc1. The Bertz CT molecular complexity index is 592. The normalized spacial score (nSPS) is 9.33. The van der Waals surface area contributed by atoms with Crippen LogP contribution in [-0.4, -0.2) is 5.71 Å². The van der Waals surface area contributed by atoms with Crippen molar-refractivity contribution in [3.63, 3.8) is 0 Å². The maximum absolute atomic E-state index is 7.90. The summed E-state index contributed by atoms with van der Waals surface area (Å²) in [6.45, 7) is 0. The minimum Gasteiger partial charge on any atom is -0.392 e. The second-order valence-electron chi connectivity index (χ2n) is 3.85. The van der Waals surface area contributed by atoms with Gasteiger partial charge in [-0.3, -0.25) is 5.41 Å². The van der Waals surface area contributed by atoms with E-state index in [1.54, 1.807) is 6.08 Å². The van der Waals surface area contributed by atoms with Gasteiger partial charge in [-0.05, 0) is 0 Å². The molecule has 2 nitrogen and oxygen atoms in total. The molecule has 0 fully saturated rings. The largest absolute Gasteiger partial charge is 0.392 e.